The lowest BCUT2D eigenvalue weighted by Gasteiger charge is -2.09. The van der Waals surface area contributed by atoms with Gasteiger partial charge in [0.15, 0.2) is 0 Å². The van der Waals surface area contributed by atoms with Gasteiger partial charge in [-0.1, -0.05) is 41.4 Å². The molecule has 0 unspecified atom stereocenters. The summed E-state index contributed by atoms with van der Waals surface area (Å²) in [5, 5.41) is 3.44. The van der Waals surface area contributed by atoms with Crippen LogP contribution in [0.2, 0.25) is 0 Å². The summed E-state index contributed by atoms with van der Waals surface area (Å²) in [6.07, 6.45) is 2.26. The van der Waals surface area contributed by atoms with Gasteiger partial charge in [-0.25, -0.2) is 0 Å². The van der Waals surface area contributed by atoms with Gasteiger partial charge < -0.3 is 10.1 Å². The maximum atomic E-state index is 5.67. The van der Waals surface area contributed by atoms with E-state index < -0.39 is 0 Å². The first kappa shape index (κ1) is 15.9. The number of rotatable bonds is 7. The van der Waals surface area contributed by atoms with E-state index in [4.69, 9.17) is 4.74 Å². The molecule has 2 aromatic carbocycles. The van der Waals surface area contributed by atoms with Gasteiger partial charge in [0.25, 0.3) is 0 Å². The zero-order valence-electron chi connectivity index (χ0n) is 12.7. The summed E-state index contributed by atoms with van der Waals surface area (Å²) < 4.78 is 6.77. The third-order valence-corrected chi connectivity index (χ3v) is 3.69. The van der Waals surface area contributed by atoms with Gasteiger partial charge in [-0.2, -0.15) is 0 Å². The first-order valence-corrected chi connectivity index (χ1v) is 8.19. The molecule has 0 bridgehead atoms. The van der Waals surface area contributed by atoms with Gasteiger partial charge in [0.1, 0.15) is 5.75 Å². The van der Waals surface area contributed by atoms with Crippen LogP contribution in [0.25, 0.3) is 0 Å². The lowest BCUT2D eigenvalue weighted by molar-refractivity contribution is 0.309. The van der Waals surface area contributed by atoms with Gasteiger partial charge in [0, 0.05) is 16.7 Å². The Morgan fingerprint density at radius 1 is 1.10 bits per heavy atom. The van der Waals surface area contributed by atoms with Crippen LogP contribution in [0, 0.1) is 6.92 Å². The molecule has 0 saturated heterocycles. The predicted octanol–water partition coefficient (Wildman–Crippen LogP) is 5.55. The van der Waals surface area contributed by atoms with Crippen molar-refractivity contribution >= 4 is 21.6 Å². The van der Waals surface area contributed by atoms with Gasteiger partial charge in [0.05, 0.1) is 6.61 Å². The van der Waals surface area contributed by atoms with Gasteiger partial charge >= 0.3 is 0 Å². The van der Waals surface area contributed by atoms with Crippen LogP contribution in [-0.2, 0) is 6.54 Å². The van der Waals surface area contributed by atoms with Crippen LogP contribution in [0.1, 0.15) is 30.9 Å². The van der Waals surface area contributed by atoms with Gasteiger partial charge in [-0.15, -0.1) is 0 Å². The average molecular weight is 348 g/mol. The molecular formula is C18H22BrNO. The summed E-state index contributed by atoms with van der Waals surface area (Å²) in [5.74, 6) is 0.950. The smallest absolute Gasteiger partial charge is 0.119 e. The van der Waals surface area contributed by atoms with Gasteiger partial charge in [0.2, 0.25) is 0 Å². The summed E-state index contributed by atoms with van der Waals surface area (Å²) in [4.78, 5) is 0. The van der Waals surface area contributed by atoms with Crippen molar-refractivity contribution in [2.24, 2.45) is 0 Å². The SMILES string of the molecule is CCCCOc1ccc(CNc2cc(C)cc(Br)c2)cc1. The van der Waals surface area contributed by atoms with Crippen molar-refractivity contribution in [2.75, 3.05) is 11.9 Å². The quantitative estimate of drug-likeness (QED) is 0.663. The van der Waals surface area contributed by atoms with Crippen molar-refractivity contribution in [3.05, 3.63) is 58.1 Å². The highest BCUT2D eigenvalue weighted by Crippen LogP contribution is 2.20. The second kappa shape index (κ2) is 8.08. The van der Waals surface area contributed by atoms with Crippen LogP contribution in [0.3, 0.4) is 0 Å². The molecule has 0 fully saturated rings. The number of benzene rings is 2. The molecule has 0 aliphatic carbocycles. The molecule has 3 heteroatoms. The van der Waals surface area contributed by atoms with Crippen LogP contribution < -0.4 is 10.1 Å². The first-order valence-electron chi connectivity index (χ1n) is 7.40. The second-order valence-electron chi connectivity index (χ2n) is 5.22. The third-order valence-electron chi connectivity index (χ3n) is 3.23. The number of aryl methyl sites for hydroxylation is 1. The lowest BCUT2D eigenvalue weighted by atomic mass is 10.2. The number of hydrogen-bond donors (Lipinski definition) is 1. The fourth-order valence-electron chi connectivity index (χ4n) is 2.08. The molecule has 0 aliphatic rings. The number of hydrogen-bond acceptors (Lipinski definition) is 2. The number of nitrogens with one attached hydrogen (secondary N) is 1. The molecule has 0 saturated carbocycles. The largest absolute Gasteiger partial charge is 0.494 e. The number of anilines is 1. The van der Waals surface area contributed by atoms with Crippen molar-refractivity contribution in [3.8, 4) is 5.75 Å². The molecule has 2 rings (SSSR count). The van der Waals surface area contributed by atoms with Crippen molar-refractivity contribution < 1.29 is 4.74 Å². The summed E-state index contributed by atoms with van der Waals surface area (Å²) in [6, 6.07) is 14.6. The van der Waals surface area contributed by atoms with Gasteiger partial charge in [-0.3, -0.25) is 0 Å². The summed E-state index contributed by atoms with van der Waals surface area (Å²) in [5.41, 5.74) is 3.62. The molecule has 0 atom stereocenters. The molecule has 2 aromatic rings. The van der Waals surface area contributed by atoms with E-state index in [1.165, 1.54) is 11.1 Å². The van der Waals surface area contributed by atoms with E-state index >= 15 is 0 Å². The number of unbranched alkanes of at least 4 members (excludes halogenated alkanes) is 1. The minimum absolute atomic E-state index is 0.797. The van der Waals surface area contributed by atoms with Crippen molar-refractivity contribution in [1.29, 1.82) is 0 Å². The Hall–Kier alpha value is -1.48. The molecule has 112 valence electrons. The number of halogens is 1. The zero-order chi connectivity index (χ0) is 15.1. The van der Waals surface area contributed by atoms with E-state index in [2.05, 4.69) is 65.4 Å². The van der Waals surface area contributed by atoms with E-state index in [-0.39, 0.29) is 0 Å². The Morgan fingerprint density at radius 2 is 1.86 bits per heavy atom. The molecule has 0 heterocycles. The topological polar surface area (TPSA) is 21.3 Å². The van der Waals surface area contributed by atoms with E-state index in [0.717, 1.165) is 41.9 Å². The van der Waals surface area contributed by atoms with Gasteiger partial charge in [-0.05, 0) is 54.8 Å². The molecule has 21 heavy (non-hydrogen) atoms. The third kappa shape index (κ3) is 5.43. The Bertz CT molecular complexity index is 546. The predicted molar refractivity (Wildman–Crippen MR) is 93.1 cm³/mol. The average Bonchev–Trinajstić information content (AvgIpc) is 2.46. The molecule has 2 nitrogen and oxygen atoms in total. The van der Waals surface area contributed by atoms with E-state index in [1.54, 1.807) is 0 Å². The Kier molecular flexibility index (Phi) is 6.12. The van der Waals surface area contributed by atoms with Crippen molar-refractivity contribution in [2.45, 2.75) is 33.2 Å². The van der Waals surface area contributed by atoms with Crippen molar-refractivity contribution in [1.82, 2.24) is 0 Å². The summed E-state index contributed by atoms with van der Waals surface area (Å²) >= 11 is 3.52. The van der Waals surface area contributed by atoms with E-state index in [0.29, 0.717) is 0 Å². The Balaban J connectivity index is 1.88. The first-order chi connectivity index (χ1) is 10.2. The number of ether oxygens (including phenoxy) is 1. The van der Waals surface area contributed by atoms with Crippen LogP contribution in [0.5, 0.6) is 5.75 Å². The lowest BCUT2D eigenvalue weighted by Crippen LogP contribution is -2.00. The highest BCUT2D eigenvalue weighted by atomic mass is 79.9. The normalized spacial score (nSPS) is 10.4. The minimum atomic E-state index is 0.797. The molecular weight excluding hydrogens is 326 g/mol. The minimum Gasteiger partial charge on any atom is -0.494 e. The Labute approximate surface area is 135 Å². The van der Waals surface area contributed by atoms with Crippen LogP contribution in [-0.4, -0.2) is 6.61 Å². The van der Waals surface area contributed by atoms with Crippen LogP contribution in [0.15, 0.2) is 46.9 Å². The monoisotopic (exact) mass is 347 g/mol. The summed E-state index contributed by atoms with van der Waals surface area (Å²) in [6.45, 7) is 5.87. The van der Waals surface area contributed by atoms with Crippen LogP contribution >= 0.6 is 15.9 Å². The van der Waals surface area contributed by atoms with Crippen LogP contribution in [0.4, 0.5) is 5.69 Å². The second-order valence-corrected chi connectivity index (χ2v) is 6.13. The molecule has 0 spiro atoms. The molecule has 0 amide bonds. The highest BCUT2D eigenvalue weighted by Gasteiger charge is 1.99. The molecule has 1 N–H and O–H groups in total. The Morgan fingerprint density at radius 3 is 2.52 bits per heavy atom. The molecule has 0 aliphatic heterocycles. The molecule has 0 aromatic heterocycles. The fourth-order valence-corrected chi connectivity index (χ4v) is 2.69. The van der Waals surface area contributed by atoms with E-state index in [1.807, 2.05) is 12.1 Å². The zero-order valence-corrected chi connectivity index (χ0v) is 14.2. The standard InChI is InChI=1S/C18H22BrNO/c1-3-4-9-21-18-7-5-15(6-8-18)13-20-17-11-14(2)10-16(19)12-17/h5-8,10-12,20H,3-4,9,13H2,1-2H3. The maximum Gasteiger partial charge on any atom is 0.119 e. The maximum absolute atomic E-state index is 5.67. The van der Waals surface area contributed by atoms with E-state index in [9.17, 15) is 0 Å². The fraction of sp³-hybridized carbons (Fsp3) is 0.333. The molecule has 0 radical (unpaired) electrons. The summed E-state index contributed by atoms with van der Waals surface area (Å²) in [7, 11) is 0. The highest BCUT2D eigenvalue weighted by molar-refractivity contribution is 9.10. The van der Waals surface area contributed by atoms with Crippen molar-refractivity contribution in [3.63, 3.8) is 0 Å².